The third-order valence-corrected chi connectivity index (χ3v) is 4.10. The van der Waals surface area contributed by atoms with Crippen LogP contribution in [0.5, 0.6) is 0 Å². The van der Waals surface area contributed by atoms with Crippen LogP contribution in [0.25, 0.3) is 0 Å². The van der Waals surface area contributed by atoms with Gasteiger partial charge in [-0.15, -0.1) is 0 Å². The van der Waals surface area contributed by atoms with Crippen LogP contribution in [0.1, 0.15) is 45.6 Å². The quantitative estimate of drug-likeness (QED) is 0.910. The van der Waals surface area contributed by atoms with E-state index in [1.54, 1.807) is 4.90 Å². The van der Waals surface area contributed by atoms with Gasteiger partial charge in [-0.2, -0.15) is 0 Å². The van der Waals surface area contributed by atoms with E-state index in [1.165, 1.54) is 18.4 Å². The van der Waals surface area contributed by atoms with Crippen molar-refractivity contribution in [2.24, 2.45) is 5.92 Å². The van der Waals surface area contributed by atoms with Gasteiger partial charge in [0, 0.05) is 18.8 Å². The summed E-state index contributed by atoms with van der Waals surface area (Å²) in [4.78, 5) is 14.1. The summed E-state index contributed by atoms with van der Waals surface area (Å²) in [6.07, 6.45) is 4.47. The average molecular weight is 302 g/mol. The molecule has 0 bridgehead atoms. The highest BCUT2D eigenvalue weighted by Crippen LogP contribution is 2.32. The summed E-state index contributed by atoms with van der Waals surface area (Å²) in [6, 6.07) is 6.31. The summed E-state index contributed by atoms with van der Waals surface area (Å²) < 4.78 is 5.52. The Kier molecular flexibility index (Phi) is 4.02. The number of carbonyl (C=O) groups excluding carboxylic acids is 1. The van der Waals surface area contributed by atoms with E-state index in [2.05, 4.69) is 17.4 Å². The maximum absolute atomic E-state index is 12.4. The Hall–Kier alpha value is -1.71. The Balaban J connectivity index is 1.73. The predicted octanol–water partition coefficient (Wildman–Crippen LogP) is 4.20. The van der Waals surface area contributed by atoms with Crippen LogP contribution in [0.4, 0.5) is 16.2 Å². The van der Waals surface area contributed by atoms with Crippen molar-refractivity contribution < 1.29 is 9.53 Å². The topological polar surface area (TPSA) is 41.6 Å². The second-order valence-electron chi connectivity index (χ2n) is 7.40. The van der Waals surface area contributed by atoms with Gasteiger partial charge in [0.1, 0.15) is 5.60 Å². The van der Waals surface area contributed by atoms with Crippen molar-refractivity contribution in [1.82, 2.24) is 0 Å². The van der Waals surface area contributed by atoms with Crippen LogP contribution >= 0.6 is 0 Å². The highest BCUT2D eigenvalue weighted by Gasteiger charge is 2.27. The van der Waals surface area contributed by atoms with E-state index in [0.29, 0.717) is 0 Å². The van der Waals surface area contributed by atoms with Gasteiger partial charge in [-0.25, -0.2) is 4.79 Å². The number of hydrogen-bond donors (Lipinski definition) is 1. The number of hydrogen-bond acceptors (Lipinski definition) is 3. The van der Waals surface area contributed by atoms with Crippen LogP contribution in [0.3, 0.4) is 0 Å². The first-order valence-electron chi connectivity index (χ1n) is 8.30. The maximum atomic E-state index is 12.4. The fraction of sp³-hybridized carbons (Fsp3) is 0.611. The minimum atomic E-state index is -0.458. The van der Waals surface area contributed by atoms with E-state index in [0.717, 1.165) is 43.2 Å². The normalized spacial score (nSPS) is 17.9. The van der Waals surface area contributed by atoms with Gasteiger partial charge in [0.25, 0.3) is 0 Å². The highest BCUT2D eigenvalue weighted by atomic mass is 16.6. The van der Waals surface area contributed by atoms with Gasteiger partial charge in [-0.3, -0.25) is 4.90 Å². The lowest BCUT2D eigenvalue weighted by Gasteiger charge is -2.32. The highest BCUT2D eigenvalue weighted by molar-refractivity contribution is 5.90. The second kappa shape index (κ2) is 5.82. The molecule has 3 rings (SSSR count). The Labute approximate surface area is 132 Å². The van der Waals surface area contributed by atoms with E-state index in [1.807, 2.05) is 26.8 Å². The van der Waals surface area contributed by atoms with Crippen molar-refractivity contribution in [3.63, 3.8) is 0 Å². The molecule has 120 valence electrons. The molecule has 0 radical (unpaired) electrons. The first-order chi connectivity index (χ1) is 10.4. The first kappa shape index (κ1) is 15.2. The molecule has 2 aliphatic rings. The summed E-state index contributed by atoms with van der Waals surface area (Å²) in [5.41, 5.74) is 2.94. The zero-order chi connectivity index (χ0) is 15.7. The molecule has 4 nitrogen and oxygen atoms in total. The van der Waals surface area contributed by atoms with Gasteiger partial charge in [0.15, 0.2) is 0 Å². The molecule has 0 spiro atoms. The Bertz CT molecular complexity index is 559. The maximum Gasteiger partial charge on any atom is 0.414 e. The van der Waals surface area contributed by atoms with Crippen molar-refractivity contribution in [2.45, 2.75) is 52.1 Å². The molecule has 0 atom stereocenters. The van der Waals surface area contributed by atoms with E-state index in [4.69, 9.17) is 4.74 Å². The monoisotopic (exact) mass is 302 g/mol. The summed E-state index contributed by atoms with van der Waals surface area (Å²) in [6.45, 7) is 7.51. The first-order valence-corrected chi connectivity index (χ1v) is 8.30. The molecule has 1 fully saturated rings. The fourth-order valence-electron chi connectivity index (χ4n) is 2.80. The predicted molar refractivity (Wildman–Crippen MR) is 89.6 cm³/mol. The Morgan fingerprint density at radius 2 is 2.14 bits per heavy atom. The number of benzene rings is 1. The molecule has 22 heavy (non-hydrogen) atoms. The van der Waals surface area contributed by atoms with Gasteiger partial charge < -0.3 is 10.1 Å². The van der Waals surface area contributed by atoms with Gasteiger partial charge in [0.05, 0.1) is 5.69 Å². The molecule has 4 heteroatoms. The third-order valence-electron chi connectivity index (χ3n) is 4.10. The third kappa shape index (κ3) is 3.73. The molecule has 0 saturated heterocycles. The van der Waals surface area contributed by atoms with Crippen molar-refractivity contribution in [3.8, 4) is 0 Å². The van der Waals surface area contributed by atoms with E-state index in [9.17, 15) is 4.79 Å². The van der Waals surface area contributed by atoms with Crippen molar-refractivity contribution in [3.05, 3.63) is 23.8 Å². The lowest BCUT2D eigenvalue weighted by Crippen LogP contribution is -2.39. The zero-order valence-corrected chi connectivity index (χ0v) is 13.8. The van der Waals surface area contributed by atoms with E-state index in [-0.39, 0.29) is 6.09 Å². The molecule has 1 amide bonds. The smallest absolute Gasteiger partial charge is 0.414 e. The molecule has 1 aliphatic heterocycles. The number of aryl methyl sites for hydroxylation is 1. The molecule has 0 unspecified atom stereocenters. The number of nitrogens with zero attached hydrogens (tertiary/aromatic N) is 1. The summed E-state index contributed by atoms with van der Waals surface area (Å²) >= 11 is 0. The second-order valence-corrected chi connectivity index (χ2v) is 7.40. The average Bonchev–Trinajstić information content (AvgIpc) is 3.26. The lowest BCUT2D eigenvalue weighted by molar-refractivity contribution is 0.0578. The number of anilines is 2. The molecule has 1 aromatic carbocycles. The van der Waals surface area contributed by atoms with E-state index >= 15 is 0 Å². The number of amides is 1. The van der Waals surface area contributed by atoms with Gasteiger partial charge in [-0.05, 0) is 76.1 Å². The SMILES string of the molecule is CC(C)(C)OC(=O)N1CCCc2cc(NCC3CC3)ccc21. The van der Waals surface area contributed by atoms with Crippen molar-refractivity contribution in [2.75, 3.05) is 23.3 Å². The molecular weight excluding hydrogens is 276 g/mol. The minimum absolute atomic E-state index is 0.243. The summed E-state index contributed by atoms with van der Waals surface area (Å²) in [5.74, 6) is 0.856. The van der Waals surface area contributed by atoms with Gasteiger partial charge in [-0.1, -0.05) is 0 Å². The van der Waals surface area contributed by atoms with Crippen LogP contribution < -0.4 is 10.2 Å². The van der Waals surface area contributed by atoms with Crippen LogP contribution in [0.15, 0.2) is 18.2 Å². The minimum Gasteiger partial charge on any atom is -0.443 e. The number of rotatable bonds is 3. The van der Waals surface area contributed by atoms with Crippen LogP contribution in [0.2, 0.25) is 0 Å². The van der Waals surface area contributed by atoms with E-state index < -0.39 is 5.60 Å². The number of fused-ring (bicyclic) bond motifs is 1. The number of carbonyl (C=O) groups is 1. The van der Waals surface area contributed by atoms with Crippen LogP contribution in [-0.2, 0) is 11.2 Å². The molecule has 0 aromatic heterocycles. The molecule has 1 aliphatic carbocycles. The number of ether oxygens (including phenoxy) is 1. The van der Waals surface area contributed by atoms with Gasteiger partial charge >= 0.3 is 6.09 Å². The van der Waals surface area contributed by atoms with Crippen molar-refractivity contribution >= 4 is 17.5 Å². The lowest BCUT2D eigenvalue weighted by atomic mass is 10.0. The summed E-state index contributed by atoms with van der Waals surface area (Å²) in [7, 11) is 0. The summed E-state index contributed by atoms with van der Waals surface area (Å²) in [5, 5.41) is 3.50. The zero-order valence-electron chi connectivity index (χ0n) is 13.8. The molecule has 1 saturated carbocycles. The molecular formula is C18H26N2O2. The fourth-order valence-corrected chi connectivity index (χ4v) is 2.80. The van der Waals surface area contributed by atoms with Crippen molar-refractivity contribution in [1.29, 1.82) is 0 Å². The standard InChI is InChI=1S/C18H26N2O2/c1-18(2,3)22-17(21)20-10-4-5-14-11-15(8-9-16(14)20)19-12-13-6-7-13/h8-9,11,13,19H,4-7,10,12H2,1-3H3. The molecule has 1 aromatic rings. The molecule has 1 heterocycles. The van der Waals surface area contributed by atoms with Crippen LogP contribution in [-0.4, -0.2) is 24.8 Å². The number of nitrogens with one attached hydrogen (secondary N) is 1. The van der Waals surface area contributed by atoms with Crippen LogP contribution in [0, 0.1) is 5.92 Å². The van der Waals surface area contributed by atoms with Gasteiger partial charge in [0.2, 0.25) is 0 Å². The Morgan fingerprint density at radius 3 is 2.82 bits per heavy atom. The Morgan fingerprint density at radius 1 is 1.36 bits per heavy atom. The molecule has 1 N–H and O–H groups in total. The largest absolute Gasteiger partial charge is 0.443 e.